The number of rotatable bonds is 5. The van der Waals surface area contributed by atoms with Crippen molar-refractivity contribution >= 4 is 5.91 Å². The predicted octanol–water partition coefficient (Wildman–Crippen LogP) is 1.61. The highest BCUT2D eigenvalue weighted by Gasteiger charge is 2.25. The van der Waals surface area contributed by atoms with E-state index >= 15 is 0 Å². The molecule has 1 aromatic rings. The van der Waals surface area contributed by atoms with Gasteiger partial charge in [0.1, 0.15) is 0 Å². The lowest BCUT2D eigenvalue weighted by molar-refractivity contribution is 0.0774. The number of carbonyl (C=O) groups excluding carboxylic acids is 1. The first kappa shape index (κ1) is 14.0. The fourth-order valence-corrected chi connectivity index (χ4v) is 2.08. The van der Waals surface area contributed by atoms with Gasteiger partial charge in [0.15, 0.2) is 0 Å². The van der Waals surface area contributed by atoms with Gasteiger partial charge in [-0.2, -0.15) is 4.98 Å². The fraction of sp³-hybridized carbons (Fsp3) is 0.769. The summed E-state index contributed by atoms with van der Waals surface area (Å²) < 4.78 is 5.17. The van der Waals surface area contributed by atoms with E-state index in [9.17, 15) is 4.79 Å². The molecule has 106 valence electrons. The lowest BCUT2D eigenvalue weighted by atomic mass is 10.1. The van der Waals surface area contributed by atoms with Crippen LogP contribution in [0.15, 0.2) is 4.52 Å². The summed E-state index contributed by atoms with van der Waals surface area (Å²) in [5.41, 5.74) is 0. The van der Waals surface area contributed by atoms with Crippen molar-refractivity contribution in [2.24, 2.45) is 5.92 Å². The van der Waals surface area contributed by atoms with Crippen LogP contribution < -0.4 is 5.32 Å². The first-order valence-corrected chi connectivity index (χ1v) is 6.90. The molecule has 1 unspecified atom stereocenters. The minimum Gasteiger partial charge on any atom is -0.339 e. The smallest absolute Gasteiger partial charge is 0.295 e. The Morgan fingerprint density at radius 2 is 2.37 bits per heavy atom. The van der Waals surface area contributed by atoms with Gasteiger partial charge in [0.25, 0.3) is 11.7 Å². The molecule has 2 rings (SSSR count). The Morgan fingerprint density at radius 3 is 3.00 bits per heavy atom. The van der Waals surface area contributed by atoms with Gasteiger partial charge >= 0.3 is 0 Å². The third-order valence-corrected chi connectivity index (χ3v) is 3.38. The second kappa shape index (κ2) is 6.14. The van der Waals surface area contributed by atoms with Crippen molar-refractivity contribution in [3.8, 4) is 0 Å². The second-order valence-electron chi connectivity index (χ2n) is 5.51. The van der Waals surface area contributed by atoms with Gasteiger partial charge in [-0.1, -0.05) is 19.0 Å². The van der Waals surface area contributed by atoms with Crippen LogP contribution in [0.2, 0.25) is 0 Å². The van der Waals surface area contributed by atoms with E-state index < -0.39 is 0 Å². The van der Waals surface area contributed by atoms with Crippen molar-refractivity contribution in [3.63, 3.8) is 0 Å². The van der Waals surface area contributed by atoms with Gasteiger partial charge in [-0.15, -0.1) is 0 Å². The highest BCUT2D eigenvalue weighted by molar-refractivity contribution is 5.90. The van der Waals surface area contributed by atoms with E-state index in [-0.39, 0.29) is 17.8 Å². The van der Waals surface area contributed by atoms with E-state index in [0.717, 1.165) is 25.8 Å². The van der Waals surface area contributed by atoms with E-state index in [1.807, 2.05) is 0 Å². The Labute approximate surface area is 113 Å². The molecule has 1 N–H and O–H groups in total. The lowest BCUT2D eigenvalue weighted by Gasteiger charge is -2.16. The summed E-state index contributed by atoms with van der Waals surface area (Å²) >= 11 is 0. The molecule has 0 bridgehead atoms. The summed E-state index contributed by atoms with van der Waals surface area (Å²) in [6, 6.07) is 0.107. The summed E-state index contributed by atoms with van der Waals surface area (Å²) in [7, 11) is 1.77. The molecular weight excluding hydrogens is 244 g/mol. The Kier molecular flexibility index (Phi) is 4.52. The maximum atomic E-state index is 12.1. The van der Waals surface area contributed by atoms with Gasteiger partial charge in [-0.3, -0.25) is 4.79 Å². The van der Waals surface area contributed by atoms with Crippen LogP contribution in [0.1, 0.15) is 55.7 Å². The topological polar surface area (TPSA) is 71.3 Å². The second-order valence-corrected chi connectivity index (χ2v) is 5.51. The average molecular weight is 266 g/mol. The van der Waals surface area contributed by atoms with Crippen molar-refractivity contribution in [2.45, 2.75) is 39.2 Å². The molecule has 2 heterocycles. The summed E-state index contributed by atoms with van der Waals surface area (Å²) in [4.78, 5) is 18.0. The third-order valence-electron chi connectivity index (χ3n) is 3.38. The average Bonchev–Trinajstić information content (AvgIpc) is 3.04. The maximum Gasteiger partial charge on any atom is 0.295 e. The number of nitrogens with one attached hydrogen (secondary N) is 1. The van der Waals surface area contributed by atoms with E-state index in [1.165, 1.54) is 0 Å². The molecule has 0 aromatic carbocycles. The van der Waals surface area contributed by atoms with Crippen molar-refractivity contribution in [2.75, 3.05) is 20.1 Å². The van der Waals surface area contributed by atoms with E-state index in [4.69, 9.17) is 4.52 Å². The van der Waals surface area contributed by atoms with Crippen molar-refractivity contribution in [1.29, 1.82) is 0 Å². The van der Waals surface area contributed by atoms with Crippen molar-refractivity contribution < 1.29 is 9.32 Å². The third kappa shape index (κ3) is 3.53. The zero-order valence-corrected chi connectivity index (χ0v) is 11.8. The first-order valence-electron chi connectivity index (χ1n) is 6.90. The molecule has 1 aromatic heterocycles. The highest BCUT2D eigenvalue weighted by atomic mass is 16.5. The molecule has 1 amide bonds. The molecule has 6 nitrogen and oxygen atoms in total. The van der Waals surface area contributed by atoms with Crippen molar-refractivity contribution in [1.82, 2.24) is 20.4 Å². The SMILES string of the molecule is CC(C)CCN(C)C(=O)c1noc(C2CCCN2)n1. The molecule has 1 saturated heterocycles. The molecule has 1 fully saturated rings. The molecule has 1 aliphatic rings. The molecule has 1 atom stereocenters. The Balaban J connectivity index is 1.95. The molecule has 1 aliphatic heterocycles. The van der Waals surface area contributed by atoms with Gasteiger partial charge in [-0.05, 0) is 31.7 Å². The Hall–Kier alpha value is -1.43. The monoisotopic (exact) mass is 266 g/mol. The number of carbonyl (C=O) groups is 1. The van der Waals surface area contributed by atoms with E-state index in [2.05, 4.69) is 29.3 Å². The van der Waals surface area contributed by atoms with Crippen LogP contribution in [0.25, 0.3) is 0 Å². The Morgan fingerprint density at radius 1 is 1.58 bits per heavy atom. The lowest BCUT2D eigenvalue weighted by Crippen LogP contribution is -2.29. The van der Waals surface area contributed by atoms with Crippen LogP contribution in [0, 0.1) is 5.92 Å². The largest absolute Gasteiger partial charge is 0.339 e. The molecule has 0 spiro atoms. The van der Waals surface area contributed by atoms with Gasteiger partial charge in [0.2, 0.25) is 5.89 Å². The van der Waals surface area contributed by atoms with Gasteiger partial charge < -0.3 is 14.7 Å². The summed E-state index contributed by atoms with van der Waals surface area (Å²) in [5, 5.41) is 7.06. The molecular formula is C13H22N4O2. The van der Waals surface area contributed by atoms with Crippen LogP contribution in [-0.4, -0.2) is 41.1 Å². The summed E-state index contributed by atoms with van der Waals surface area (Å²) in [5.74, 6) is 1.08. The van der Waals surface area contributed by atoms with Crippen molar-refractivity contribution in [3.05, 3.63) is 11.7 Å². The Bertz CT molecular complexity index is 424. The number of nitrogens with zero attached hydrogens (tertiary/aromatic N) is 3. The van der Waals surface area contributed by atoms with Crippen LogP contribution in [0.3, 0.4) is 0 Å². The normalized spacial score (nSPS) is 19.1. The standard InChI is InChI=1S/C13H22N4O2/c1-9(2)6-8-17(3)13(18)11-15-12(19-16-11)10-5-4-7-14-10/h9-10,14H,4-8H2,1-3H3. The summed E-state index contributed by atoms with van der Waals surface area (Å²) in [6.45, 7) is 5.94. The molecule has 0 saturated carbocycles. The number of hydrogen-bond donors (Lipinski definition) is 1. The van der Waals surface area contributed by atoms with Crippen LogP contribution >= 0.6 is 0 Å². The summed E-state index contributed by atoms with van der Waals surface area (Å²) in [6.07, 6.45) is 3.06. The first-order chi connectivity index (χ1) is 9.08. The van der Waals surface area contributed by atoms with Gasteiger partial charge in [0, 0.05) is 13.6 Å². The minimum atomic E-state index is -0.173. The number of amides is 1. The van der Waals surface area contributed by atoms with Crippen LogP contribution in [0.4, 0.5) is 0 Å². The van der Waals surface area contributed by atoms with E-state index in [0.29, 0.717) is 18.4 Å². The fourth-order valence-electron chi connectivity index (χ4n) is 2.08. The molecule has 6 heteroatoms. The zero-order chi connectivity index (χ0) is 13.8. The number of hydrogen-bond acceptors (Lipinski definition) is 5. The minimum absolute atomic E-state index is 0.107. The molecule has 19 heavy (non-hydrogen) atoms. The van der Waals surface area contributed by atoms with Gasteiger partial charge in [-0.25, -0.2) is 0 Å². The molecule has 0 aliphatic carbocycles. The van der Waals surface area contributed by atoms with Crippen LogP contribution in [0.5, 0.6) is 0 Å². The van der Waals surface area contributed by atoms with Crippen LogP contribution in [-0.2, 0) is 0 Å². The molecule has 0 radical (unpaired) electrons. The number of aromatic nitrogens is 2. The quantitative estimate of drug-likeness (QED) is 0.876. The predicted molar refractivity (Wildman–Crippen MR) is 70.7 cm³/mol. The zero-order valence-electron chi connectivity index (χ0n) is 11.8. The van der Waals surface area contributed by atoms with Gasteiger partial charge in [0.05, 0.1) is 6.04 Å². The highest BCUT2D eigenvalue weighted by Crippen LogP contribution is 2.21. The van der Waals surface area contributed by atoms with E-state index in [1.54, 1.807) is 11.9 Å². The maximum absolute atomic E-state index is 12.1.